The molecule has 0 saturated carbocycles. The highest BCUT2D eigenvalue weighted by Crippen LogP contribution is 2.23. The summed E-state index contributed by atoms with van der Waals surface area (Å²) in [5.74, 6) is 0.294. The third-order valence-electron chi connectivity index (χ3n) is 3.70. The second kappa shape index (κ2) is 6.68. The van der Waals surface area contributed by atoms with Gasteiger partial charge in [-0.25, -0.2) is 0 Å². The van der Waals surface area contributed by atoms with Crippen LogP contribution in [0.1, 0.15) is 24.8 Å². The molecule has 2 heterocycles. The average Bonchev–Trinajstić information content (AvgIpc) is 3.08. The fourth-order valence-electron chi connectivity index (χ4n) is 2.51. The van der Waals surface area contributed by atoms with Gasteiger partial charge < -0.3 is 5.32 Å². The molecule has 2 aromatic heterocycles. The number of carbonyl (C=O) groups is 1. The molecule has 1 aliphatic rings. The van der Waals surface area contributed by atoms with Crippen molar-refractivity contribution in [1.82, 2.24) is 10.3 Å². The van der Waals surface area contributed by atoms with Crippen molar-refractivity contribution in [2.24, 2.45) is 5.92 Å². The van der Waals surface area contributed by atoms with Gasteiger partial charge in [-0.3, -0.25) is 9.78 Å². The van der Waals surface area contributed by atoms with Gasteiger partial charge in [-0.2, -0.15) is 0 Å². The van der Waals surface area contributed by atoms with Gasteiger partial charge in [0.25, 0.3) is 0 Å². The van der Waals surface area contributed by atoms with Gasteiger partial charge in [0.1, 0.15) is 0 Å². The van der Waals surface area contributed by atoms with Crippen molar-refractivity contribution in [2.75, 3.05) is 0 Å². The molecule has 0 spiro atoms. The van der Waals surface area contributed by atoms with Crippen LogP contribution in [0.5, 0.6) is 0 Å². The Kier molecular flexibility index (Phi) is 4.46. The zero-order valence-electron chi connectivity index (χ0n) is 11.8. The summed E-state index contributed by atoms with van der Waals surface area (Å²) in [6, 6.07) is 8.08. The second-order valence-corrected chi connectivity index (χ2v) is 6.17. The van der Waals surface area contributed by atoms with Gasteiger partial charge in [0.05, 0.1) is 10.6 Å². The summed E-state index contributed by atoms with van der Waals surface area (Å²) in [4.78, 5) is 17.7. The van der Waals surface area contributed by atoms with Gasteiger partial charge >= 0.3 is 0 Å². The number of nitrogens with zero attached hydrogens (tertiary/aromatic N) is 1. The highest BCUT2D eigenvalue weighted by Gasteiger charge is 2.18. The topological polar surface area (TPSA) is 42.0 Å². The summed E-state index contributed by atoms with van der Waals surface area (Å²) in [5.41, 5.74) is 2.06. The van der Waals surface area contributed by atoms with Crippen LogP contribution in [0.3, 0.4) is 0 Å². The monoisotopic (exact) mass is 298 g/mol. The Morgan fingerprint density at radius 3 is 3.10 bits per heavy atom. The van der Waals surface area contributed by atoms with Crippen molar-refractivity contribution in [2.45, 2.75) is 25.8 Å². The van der Waals surface area contributed by atoms with Crippen LogP contribution in [-0.4, -0.2) is 10.9 Å². The van der Waals surface area contributed by atoms with E-state index in [1.54, 1.807) is 17.5 Å². The van der Waals surface area contributed by atoms with Crippen LogP contribution in [0.25, 0.3) is 10.6 Å². The lowest BCUT2D eigenvalue weighted by Gasteiger charge is -2.17. The largest absolute Gasteiger partial charge is 0.352 e. The molecule has 108 valence electrons. The molecule has 0 aliphatic heterocycles. The predicted molar refractivity (Wildman–Crippen MR) is 85.9 cm³/mol. The molecular formula is C17H18N2OS. The molecule has 21 heavy (non-hydrogen) atoms. The zero-order valence-corrected chi connectivity index (χ0v) is 12.6. The third-order valence-corrected chi connectivity index (χ3v) is 4.60. The van der Waals surface area contributed by atoms with Crippen molar-refractivity contribution in [3.63, 3.8) is 0 Å². The molecule has 0 saturated heterocycles. The molecule has 1 aliphatic carbocycles. The Morgan fingerprint density at radius 1 is 1.38 bits per heavy atom. The molecular weight excluding hydrogens is 280 g/mol. The predicted octanol–water partition coefficient (Wildman–Crippen LogP) is 3.78. The van der Waals surface area contributed by atoms with Crippen LogP contribution in [0.4, 0.5) is 0 Å². The van der Waals surface area contributed by atoms with Gasteiger partial charge in [0.15, 0.2) is 0 Å². The first-order valence-corrected chi connectivity index (χ1v) is 8.12. The standard InChI is InChI=1S/C17H18N2OS/c20-17(14-5-2-1-3-6-14)19-12-13-8-9-18-15(11-13)16-7-4-10-21-16/h1-2,4,7-11,14H,3,5-6,12H2,(H,19,20)/t14-/m1/s1. The minimum atomic E-state index is 0.133. The molecule has 3 nitrogen and oxygen atoms in total. The number of rotatable bonds is 4. The maximum Gasteiger partial charge on any atom is 0.223 e. The maximum absolute atomic E-state index is 12.1. The van der Waals surface area contributed by atoms with E-state index in [0.29, 0.717) is 6.54 Å². The number of amides is 1. The van der Waals surface area contributed by atoms with E-state index in [-0.39, 0.29) is 11.8 Å². The quantitative estimate of drug-likeness (QED) is 0.873. The number of aromatic nitrogens is 1. The number of hydrogen-bond acceptors (Lipinski definition) is 3. The molecule has 0 aromatic carbocycles. The highest BCUT2D eigenvalue weighted by molar-refractivity contribution is 7.13. The zero-order chi connectivity index (χ0) is 14.5. The van der Waals surface area contributed by atoms with E-state index < -0.39 is 0 Å². The summed E-state index contributed by atoms with van der Waals surface area (Å²) < 4.78 is 0. The van der Waals surface area contributed by atoms with E-state index in [9.17, 15) is 4.79 Å². The average molecular weight is 298 g/mol. The summed E-state index contributed by atoms with van der Waals surface area (Å²) >= 11 is 1.67. The minimum absolute atomic E-state index is 0.133. The third kappa shape index (κ3) is 3.58. The maximum atomic E-state index is 12.1. The van der Waals surface area contributed by atoms with Crippen molar-refractivity contribution in [3.05, 3.63) is 53.6 Å². The molecule has 0 radical (unpaired) electrons. The van der Waals surface area contributed by atoms with Crippen LogP contribution in [0.2, 0.25) is 0 Å². The number of thiophene rings is 1. The van der Waals surface area contributed by atoms with Crippen molar-refractivity contribution in [1.29, 1.82) is 0 Å². The van der Waals surface area contributed by atoms with Crippen LogP contribution < -0.4 is 5.32 Å². The molecule has 0 unspecified atom stereocenters. The molecule has 1 amide bonds. The molecule has 0 fully saturated rings. The Hall–Kier alpha value is -1.94. The number of hydrogen-bond donors (Lipinski definition) is 1. The first-order chi connectivity index (χ1) is 10.3. The summed E-state index contributed by atoms with van der Waals surface area (Å²) in [7, 11) is 0. The van der Waals surface area contributed by atoms with Gasteiger partial charge in [0, 0.05) is 18.7 Å². The van der Waals surface area contributed by atoms with Crippen molar-refractivity contribution in [3.8, 4) is 10.6 Å². The van der Waals surface area contributed by atoms with E-state index >= 15 is 0 Å². The van der Waals surface area contributed by atoms with E-state index in [0.717, 1.165) is 35.4 Å². The number of carbonyl (C=O) groups excluding carboxylic acids is 1. The van der Waals surface area contributed by atoms with Crippen LogP contribution in [-0.2, 0) is 11.3 Å². The van der Waals surface area contributed by atoms with Gasteiger partial charge in [-0.15, -0.1) is 11.3 Å². The van der Waals surface area contributed by atoms with E-state index in [1.807, 2.05) is 23.6 Å². The summed E-state index contributed by atoms with van der Waals surface area (Å²) in [6.07, 6.45) is 8.90. The molecule has 4 heteroatoms. The van der Waals surface area contributed by atoms with Crippen LogP contribution in [0, 0.1) is 5.92 Å². The molecule has 3 rings (SSSR count). The van der Waals surface area contributed by atoms with Crippen LogP contribution >= 0.6 is 11.3 Å². The molecule has 2 aromatic rings. The van der Waals surface area contributed by atoms with E-state index in [1.165, 1.54) is 0 Å². The number of nitrogens with one attached hydrogen (secondary N) is 1. The number of allylic oxidation sites excluding steroid dienone is 2. The van der Waals surface area contributed by atoms with E-state index in [4.69, 9.17) is 0 Å². The number of pyridine rings is 1. The fraction of sp³-hybridized carbons (Fsp3) is 0.294. The van der Waals surface area contributed by atoms with Crippen molar-refractivity contribution >= 4 is 17.2 Å². The Morgan fingerprint density at radius 2 is 2.33 bits per heavy atom. The normalized spacial score (nSPS) is 17.6. The molecule has 1 atom stereocenters. The summed E-state index contributed by atoms with van der Waals surface area (Å²) in [6.45, 7) is 0.569. The lowest BCUT2D eigenvalue weighted by molar-refractivity contribution is -0.125. The first kappa shape index (κ1) is 14.0. The van der Waals surface area contributed by atoms with Gasteiger partial charge in [-0.05, 0) is 48.4 Å². The van der Waals surface area contributed by atoms with Gasteiger partial charge in [-0.1, -0.05) is 18.2 Å². The lowest BCUT2D eigenvalue weighted by atomic mass is 9.93. The first-order valence-electron chi connectivity index (χ1n) is 7.24. The second-order valence-electron chi connectivity index (χ2n) is 5.23. The molecule has 1 N–H and O–H groups in total. The Labute approximate surface area is 128 Å². The lowest BCUT2D eigenvalue weighted by Crippen LogP contribution is -2.30. The fourth-order valence-corrected chi connectivity index (χ4v) is 3.20. The smallest absolute Gasteiger partial charge is 0.223 e. The van der Waals surface area contributed by atoms with Crippen molar-refractivity contribution < 1.29 is 4.79 Å². The Balaban J connectivity index is 1.61. The minimum Gasteiger partial charge on any atom is -0.352 e. The highest BCUT2D eigenvalue weighted by atomic mass is 32.1. The SMILES string of the molecule is O=C(NCc1ccnc(-c2cccs2)c1)[C@@H]1CC=CCC1. The molecule has 0 bridgehead atoms. The Bertz CT molecular complexity index is 634. The van der Waals surface area contributed by atoms with Gasteiger partial charge in [0.2, 0.25) is 5.91 Å². The van der Waals surface area contributed by atoms with Crippen LogP contribution in [0.15, 0.2) is 48.0 Å². The van der Waals surface area contributed by atoms with E-state index in [2.05, 4.69) is 28.5 Å². The summed E-state index contributed by atoms with van der Waals surface area (Å²) in [5, 5.41) is 5.09.